The first-order chi connectivity index (χ1) is 11.4. The van der Waals surface area contributed by atoms with Crippen LogP contribution in [0.15, 0.2) is 22.6 Å². The molecule has 2 heterocycles. The zero-order chi connectivity index (χ0) is 17.4. The molecule has 3 aromatic rings. The predicted molar refractivity (Wildman–Crippen MR) is 94.2 cm³/mol. The van der Waals surface area contributed by atoms with Crippen molar-refractivity contribution in [1.82, 2.24) is 4.98 Å². The molecule has 0 aliphatic rings. The van der Waals surface area contributed by atoms with Gasteiger partial charge in [0.2, 0.25) is 5.88 Å². The fourth-order valence-electron chi connectivity index (χ4n) is 2.63. The van der Waals surface area contributed by atoms with Crippen molar-refractivity contribution in [2.24, 2.45) is 5.73 Å². The molecule has 0 aliphatic carbocycles. The van der Waals surface area contributed by atoms with E-state index in [1.54, 1.807) is 6.92 Å². The highest BCUT2D eigenvalue weighted by Gasteiger charge is 2.25. The SMILES string of the molecule is CCc1ccc2nc(Nc3oc(C)c(C(C)=O)c3C(N)=O)sc2c1. The number of nitrogens with zero attached hydrogens (tertiary/aromatic N) is 1. The van der Waals surface area contributed by atoms with E-state index in [9.17, 15) is 9.59 Å². The molecule has 124 valence electrons. The van der Waals surface area contributed by atoms with Crippen molar-refractivity contribution in [2.75, 3.05) is 5.32 Å². The van der Waals surface area contributed by atoms with Gasteiger partial charge in [-0.2, -0.15) is 0 Å². The minimum absolute atomic E-state index is 0.0634. The van der Waals surface area contributed by atoms with E-state index in [4.69, 9.17) is 10.2 Å². The van der Waals surface area contributed by atoms with E-state index >= 15 is 0 Å². The first kappa shape index (κ1) is 16.2. The summed E-state index contributed by atoms with van der Waals surface area (Å²) in [4.78, 5) is 28.0. The third kappa shape index (κ3) is 2.78. The molecule has 6 nitrogen and oxygen atoms in total. The van der Waals surface area contributed by atoms with Crippen LogP contribution in [0.4, 0.5) is 11.0 Å². The summed E-state index contributed by atoms with van der Waals surface area (Å²) in [7, 11) is 0. The van der Waals surface area contributed by atoms with Gasteiger partial charge in [0.25, 0.3) is 5.91 Å². The van der Waals surface area contributed by atoms with Gasteiger partial charge in [0.15, 0.2) is 10.9 Å². The van der Waals surface area contributed by atoms with Crippen LogP contribution in [-0.4, -0.2) is 16.7 Å². The minimum Gasteiger partial charge on any atom is -0.444 e. The number of fused-ring (bicyclic) bond motifs is 1. The monoisotopic (exact) mass is 343 g/mol. The van der Waals surface area contributed by atoms with E-state index in [1.165, 1.54) is 23.8 Å². The van der Waals surface area contributed by atoms with Gasteiger partial charge in [-0.15, -0.1) is 0 Å². The number of Topliss-reactive ketones (excluding diaryl/α,β-unsaturated/α-hetero) is 1. The topological polar surface area (TPSA) is 98.2 Å². The number of aromatic nitrogens is 1. The lowest BCUT2D eigenvalue weighted by Gasteiger charge is -2.00. The minimum atomic E-state index is -0.714. The van der Waals surface area contributed by atoms with Crippen molar-refractivity contribution in [3.63, 3.8) is 0 Å². The lowest BCUT2D eigenvalue weighted by Crippen LogP contribution is -2.15. The summed E-state index contributed by atoms with van der Waals surface area (Å²) in [5.74, 6) is -0.475. The van der Waals surface area contributed by atoms with E-state index in [0.717, 1.165) is 16.6 Å². The summed E-state index contributed by atoms with van der Waals surface area (Å²) in [5, 5.41) is 3.56. The second-order valence-electron chi connectivity index (χ2n) is 5.46. The van der Waals surface area contributed by atoms with Crippen molar-refractivity contribution in [3.8, 4) is 0 Å². The summed E-state index contributed by atoms with van der Waals surface area (Å²) < 4.78 is 6.58. The fourth-order valence-corrected chi connectivity index (χ4v) is 3.56. The molecule has 3 N–H and O–H groups in total. The largest absolute Gasteiger partial charge is 0.444 e. The molecule has 0 saturated carbocycles. The number of hydrogen-bond acceptors (Lipinski definition) is 6. The average Bonchev–Trinajstić information content (AvgIpc) is 3.06. The Bertz CT molecular complexity index is 956. The average molecular weight is 343 g/mol. The van der Waals surface area contributed by atoms with Gasteiger partial charge in [-0.05, 0) is 38.0 Å². The van der Waals surface area contributed by atoms with Crippen LogP contribution < -0.4 is 11.1 Å². The molecule has 0 bridgehead atoms. The number of nitrogens with two attached hydrogens (primary N) is 1. The van der Waals surface area contributed by atoms with Crippen LogP contribution in [0.5, 0.6) is 0 Å². The van der Waals surface area contributed by atoms with Crippen molar-refractivity contribution in [3.05, 3.63) is 40.6 Å². The molecule has 0 fully saturated rings. The van der Waals surface area contributed by atoms with Crippen LogP contribution in [0.2, 0.25) is 0 Å². The molecule has 1 aromatic carbocycles. The van der Waals surface area contributed by atoms with E-state index in [0.29, 0.717) is 10.9 Å². The highest BCUT2D eigenvalue weighted by Crippen LogP contribution is 2.33. The number of primary amides is 1. The fraction of sp³-hybridized carbons (Fsp3) is 0.235. The van der Waals surface area contributed by atoms with Crippen molar-refractivity contribution in [2.45, 2.75) is 27.2 Å². The Hall–Kier alpha value is -2.67. The number of carbonyl (C=O) groups excluding carboxylic acids is 2. The summed E-state index contributed by atoms with van der Waals surface area (Å²) >= 11 is 1.45. The lowest BCUT2D eigenvalue weighted by molar-refractivity contribution is 0.0974. The van der Waals surface area contributed by atoms with E-state index in [1.807, 2.05) is 12.1 Å². The number of ketones is 1. The Morgan fingerprint density at radius 2 is 2.08 bits per heavy atom. The third-order valence-electron chi connectivity index (χ3n) is 3.76. The molecule has 0 unspecified atom stereocenters. The van der Waals surface area contributed by atoms with Gasteiger partial charge >= 0.3 is 0 Å². The molecule has 2 aromatic heterocycles. The molecular weight excluding hydrogens is 326 g/mol. The predicted octanol–water partition coefficient (Wildman–Crippen LogP) is 3.81. The Morgan fingerprint density at radius 3 is 2.71 bits per heavy atom. The number of rotatable bonds is 5. The second-order valence-corrected chi connectivity index (χ2v) is 6.49. The van der Waals surface area contributed by atoms with E-state index in [2.05, 4.69) is 23.3 Å². The first-order valence-corrected chi connectivity index (χ1v) is 8.33. The maximum atomic E-state index is 11.8. The standard InChI is InChI=1S/C17H17N3O3S/c1-4-10-5-6-11-12(7-10)24-17(19-11)20-16-14(15(18)22)13(8(2)21)9(3)23-16/h5-7H,4H2,1-3H3,(H2,18,22)(H,19,20). The van der Waals surface area contributed by atoms with Crippen LogP contribution in [-0.2, 0) is 6.42 Å². The zero-order valence-electron chi connectivity index (χ0n) is 13.6. The third-order valence-corrected chi connectivity index (χ3v) is 4.70. The summed E-state index contributed by atoms with van der Waals surface area (Å²) in [6, 6.07) is 6.08. The van der Waals surface area contributed by atoms with Crippen LogP contribution in [0.25, 0.3) is 10.2 Å². The molecule has 0 aliphatic heterocycles. The lowest BCUT2D eigenvalue weighted by atomic mass is 10.1. The van der Waals surface area contributed by atoms with Crippen LogP contribution in [0.3, 0.4) is 0 Å². The maximum absolute atomic E-state index is 11.8. The molecule has 24 heavy (non-hydrogen) atoms. The Kier molecular flexibility index (Phi) is 4.11. The van der Waals surface area contributed by atoms with Gasteiger partial charge in [-0.25, -0.2) is 4.98 Å². The number of aryl methyl sites for hydroxylation is 2. The summed E-state index contributed by atoms with van der Waals surface area (Å²) in [6.45, 7) is 5.09. The quantitative estimate of drug-likeness (QED) is 0.687. The molecular formula is C17H17N3O3S. The number of anilines is 2. The van der Waals surface area contributed by atoms with Crippen molar-refractivity contribution in [1.29, 1.82) is 0 Å². The molecule has 3 rings (SSSR count). The van der Waals surface area contributed by atoms with Crippen LogP contribution in [0, 0.1) is 6.92 Å². The Balaban J connectivity index is 2.03. The normalized spacial score (nSPS) is 11.0. The molecule has 0 spiro atoms. The first-order valence-electron chi connectivity index (χ1n) is 7.51. The number of benzene rings is 1. The van der Waals surface area contributed by atoms with Crippen LogP contribution in [0.1, 0.15) is 45.9 Å². The highest BCUT2D eigenvalue weighted by molar-refractivity contribution is 7.22. The van der Waals surface area contributed by atoms with Gasteiger partial charge < -0.3 is 15.5 Å². The zero-order valence-corrected chi connectivity index (χ0v) is 14.4. The molecule has 0 radical (unpaired) electrons. The highest BCUT2D eigenvalue weighted by atomic mass is 32.1. The number of nitrogens with one attached hydrogen (secondary N) is 1. The number of amides is 1. The summed E-state index contributed by atoms with van der Waals surface area (Å²) in [5.41, 5.74) is 7.78. The van der Waals surface area contributed by atoms with Gasteiger partial charge in [0.1, 0.15) is 11.3 Å². The van der Waals surface area contributed by atoms with E-state index < -0.39 is 5.91 Å². The molecule has 7 heteroatoms. The van der Waals surface area contributed by atoms with Crippen LogP contribution >= 0.6 is 11.3 Å². The number of thiazole rings is 1. The van der Waals surface area contributed by atoms with E-state index in [-0.39, 0.29) is 22.8 Å². The summed E-state index contributed by atoms with van der Waals surface area (Å²) in [6.07, 6.45) is 0.946. The van der Waals surface area contributed by atoms with Gasteiger partial charge in [0, 0.05) is 0 Å². The number of hydrogen-bond donors (Lipinski definition) is 2. The number of furan rings is 1. The van der Waals surface area contributed by atoms with Gasteiger partial charge in [0.05, 0.1) is 15.8 Å². The Morgan fingerprint density at radius 1 is 1.33 bits per heavy atom. The molecule has 0 saturated heterocycles. The molecule has 1 amide bonds. The Labute approximate surface area is 142 Å². The molecule has 0 atom stereocenters. The van der Waals surface area contributed by atoms with Crippen molar-refractivity contribution < 1.29 is 14.0 Å². The second kappa shape index (κ2) is 6.09. The van der Waals surface area contributed by atoms with Gasteiger partial charge in [-0.3, -0.25) is 9.59 Å². The van der Waals surface area contributed by atoms with Crippen molar-refractivity contribution >= 4 is 44.3 Å². The number of carbonyl (C=O) groups is 2. The maximum Gasteiger partial charge on any atom is 0.255 e. The van der Waals surface area contributed by atoms with Gasteiger partial charge in [-0.1, -0.05) is 24.3 Å². The smallest absolute Gasteiger partial charge is 0.255 e.